The standard InChI is InChI=1S/C17H20N2O2/c20-17(7-11-21-15-5-9-18-10-6-15)14-4-3-13-2-1-8-19-16(13)12-14/h1-4,8,12,15,18H,5-7,9-11H2. The van der Waals surface area contributed by atoms with E-state index >= 15 is 0 Å². The summed E-state index contributed by atoms with van der Waals surface area (Å²) in [6, 6.07) is 9.58. The van der Waals surface area contributed by atoms with Crippen molar-refractivity contribution in [2.24, 2.45) is 0 Å². The molecule has 1 aromatic heterocycles. The Bertz CT molecular complexity index is 621. The van der Waals surface area contributed by atoms with Gasteiger partial charge in [0.15, 0.2) is 5.78 Å². The molecular weight excluding hydrogens is 264 g/mol. The molecule has 0 unspecified atom stereocenters. The van der Waals surface area contributed by atoms with Crippen LogP contribution >= 0.6 is 0 Å². The van der Waals surface area contributed by atoms with E-state index in [0.29, 0.717) is 19.1 Å². The van der Waals surface area contributed by atoms with Gasteiger partial charge in [-0.25, -0.2) is 0 Å². The highest BCUT2D eigenvalue weighted by atomic mass is 16.5. The van der Waals surface area contributed by atoms with Gasteiger partial charge in [-0.3, -0.25) is 9.78 Å². The fourth-order valence-corrected chi connectivity index (χ4v) is 2.66. The van der Waals surface area contributed by atoms with Crippen LogP contribution in [0.3, 0.4) is 0 Å². The highest BCUT2D eigenvalue weighted by Crippen LogP contribution is 2.15. The molecule has 2 aromatic rings. The number of nitrogens with zero attached hydrogens (tertiary/aromatic N) is 1. The summed E-state index contributed by atoms with van der Waals surface area (Å²) < 4.78 is 5.79. The molecule has 0 atom stereocenters. The summed E-state index contributed by atoms with van der Waals surface area (Å²) in [4.78, 5) is 16.5. The second kappa shape index (κ2) is 6.78. The molecule has 4 heteroatoms. The van der Waals surface area contributed by atoms with E-state index in [2.05, 4.69) is 10.3 Å². The summed E-state index contributed by atoms with van der Waals surface area (Å²) >= 11 is 0. The number of hydrogen-bond donors (Lipinski definition) is 1. The summed E-state index contributed by atoms with van der Waals surface area (Å²) in [5.41, 5.74) is 1.58. The van der Waals surface area contributed by atoms with E-state index < -0.39 is 0 Å². The van der Waals surface area contributed by atoms with Gasteiger partial charge < -0.3 is 10.1 Å². The van der Waals surface area contributed by atoms with Gasteiger partial charge in [-0.2, -0.15) is 0 Å². The Morgan fingerprint density at radius 1 is 1.29 bits per heavy atom. The number of Topliss-reactive ketones (excluding diaryl/α,β-unsaturated/α-hetero) is 1. The van der Waals surface area contributed by atoms with Crippen LogP contribution in [0.5, 0.6) is 0 Å². The van der Waals surface area contributed by atoms with Crippen molar-refractivity contribution in [3.8, 4) is 0 Å². The van der Waals surface area contributed by atoms with Crippen molar-refractivity contribution in [2.45, 2.75) is 25.4 Å². The number of carbonyl (C=O) groups excluding carboxylic acids is 1. The molecule has 1 aliphatic rings. The number of benzene rings is 1. The Kier molecular flexibility index (Phi) is 4.58. The van der Waals surface area contributed by atoms with Gasteiger partial charge in [0, 0.05) is 23.6 Å². The molecule has 2 heterocycles. The number of aromatic nitrogens is 1. The zero-order valence-electron chi connectivity index (χ0n) is 12.0. The van der Waals surface area contributed by atoms with Crippen molar-refractivity contribution >= 4 is 16.7 Å². The summed E-state index contributed by atoms with van der Waals surface area (Å²) in [7, 11) is 0. The molecular formula is C17H20N2O2. The van der Waals surface area contributed by atoms with Gasteiger partial charge in [0.25, 0.3) is 0 Å². The van der Waals surface area contributed by atoms with E-state index in [1.165, 1.54) is 0 Å². The van der Waals surface area contributed by atoms with E-state index in [0.717, 1.165) is 42.4 Å². The summed E-state index contributed by atoms with van der Waals surface area (Å²) in [5.74, 6) is 0.122. The first-order valence-electron chi connectivity index (χ1n) is 7.53. The highest BCUT2D eigenvalue weighted by Gasteiger charge is 2.14. The van der Waals surface area contributed by atoms with Crippen LogP contribution in [-0.2, 0) is 4.74 Å². The Morgan fingerprint density at radius 3 is 3.00 bits per heavy atom. The molecule has 0 bridgehead atoms. The predicted molar refractivity (Wildman–Crippen MR) is 82.5 cm³/mol. The smallest absolute Gasteiger partial charge is 0.165 e. The van der Waals surface area contributed by atoms with Crippen LogP contribution in [0.2, 0.25) is 0 Å². The molecule has 0 spiro atoms. The lowest BCUT2D eigenvalue weighted by atomic mass is 10.1. The van der Waals surface area contributed by atoms with E-state index in [4.69, 9.17) is 4.74 Å². The van der Waals surface area contributed by atoms with Gasteiger partial charge in [-0.15, -0.1) is 0 Å². The zero-order valence-corrected chi connectivity index (χ0v) is 12.0. The largest absolute Gasteiger partial charge is 0.378 e. The minimum absolute atomic E-state index is 0.122. The quantitative estimate of drug-likeness (QED) is 0.857. The first-order valence-corrected chi connectivity index (χ1v) is 7.53. The van der Waals surface area contributed by atoms with Crippen LogP contribution in [0.15, 0.2) is 36.5 Å². The first-order chi connectivity index (χ1) is 10.3. The molecule has 0 saturated carbocycles. The Balaban J connectivity index is 1.56. The number of ether oxygens (including phenoxy) is 1. The summed E-state index contributed by atoms with van der Waals surface area (Å²) in [5, 5.41) is 4.36. The van der Waals surface area contributed by atoms with Crippen LogP contribution in [0.25, 0.3) is 10.9 Å². The van der Waals surface area contributed by atoms with Gasteiger partial charge in [0.2, 0.25) is 0 Å². The molecule has 1 aromatic carbocycles. The zero-order chi connectivity index (χ0) is 14.5. The third kappa shape index (κ3) is 3.65. The average Bonchev–Trinajstić information content (AvgIpc) is 2.55. The number of nitrogens with one attached hydrogen (secondary N) is 1. The van der Waals surface area contributed by atoms with Gasteiger partial charge in [-0.1, -0.05) is 18.2 Å². The lowest BCUT2D eigenvalue weighted by Gasteiger charge is -2.22. The molecule has 110 valence electrons. The highest BCUT2D eigenvalue weighted by molar-refractivity contribution is 5.99. The lowest BCUT2D eigenvalue weighted by molar-refractivity contribution is 0.0313. The summed E-state index contributed by atoms with van der Waals surface area (Å²) in [6.07, 6.45) is 4.55. The molecule has 1 aliphatic heterocycles. The number of piperidine rings is 1. The van der Waals surface area contributed by atoms with Crippen molar-refractivity contribution in [1.82, 2.24) is 10.3 Å². The number of carbonyl (C=O) groups is 1. The fraction of sp³-hybridized carbons (Fsp3) is 0.412. The van der Waals surface area contributed by atoms with Crippen molar-refractivity contribution < 1.29 is 9.53 Å². The predicted octanol–water partition coefficient (Wildman–Crippen LogP) is 2.58. The van der Waals surface area contributed by atoms with Gasteiger partial charge in [0.05, 0.1) is 18.2 Å². The Labute approximate surface area is 124 Å². The molecule has 1 fully saturated rings. The maximum atomic E-state index is 12.2. The maximum Gasteiger partial charge on any atom is 0.165 e. The minimum Gasteiger partial charge on any atom is -0.378 e. The summed E-state index contributed by atoms with van der Waals surface area (Å²) in [6.45, 7) is 2.52. The molecule has 3 rings (SSSR count). The van der Waals surface area contributed by atoms with Gasteiger partial charge in [-0.05, 0) is 38.1 Å². The second-order valence-electron chi connectivity index (χ2n) is 5.40. The maximum absolute atomic E-state index is 12.2. The van der Waals surface area contributed by atoms with Gasteiger partial charge in [0.1, 0.15) is 0 Å². The fourth-order valence-electron chi connectivity index (χ4n) is 2.66. The number of hydrogen-bond acceptors (Lipinski definition) is 4. The number of pyridine rings is 1. The molecule has 0 aliphatic carbocycles. The topological polar surface area (TPSA) is 51.2 Å². The van der Waals surface area contributed by atoms with Crippen LogP contribution in [0.1, 0.15) is 29.6 Å². The van der Waals surface area contributed by atoms with Crippen LogP contribution in [0.4, 0.5) is 0 Å². The molecule has 21 heavy (non-hydrogen) atoms. The average molecular weight is 284 g/mol. The third-order valence-electron chi connectivity index (χ3n) is 3.90. The Hall–Kier alpha value is -1.78. The SMILES string of the molecule is O=C(CCOC1CCNCC1)c1ccc2cccnc2c1. The minimum atomic E-state index is 0.122. The van der Waals surface area contributed by atoms with Crippen molar-refractivity contribution in [1.29, 1.82) is 0 Å². The second-order valence-corrected chi connectivity index (χ2v) is 5.40. The Morgan fingerprint density at radius 2 is 2.14 bits per heavy atom. The number of ketones is 1. The van der Waals surface area contributed by atoms with Crippen molar-refractivity contribution in [2.75, 3.05) is 19.7 Å². The molecule has 0 amide bonds. The van der Waals surface area contributed by atoms with Gasteiger partial charge >= 0.3 is 0 Å². The monoisotopic (exact) mass is 284 g/mol. The normalized spacial score (nSPS) is 16.2. The first kappa shape index (κ1) is 14.2. The van der Waals surface area contributed by atoms with E-state index in [1.54, 1.807) is 6.20 Å². The van der Waals surface area contributed by atoms with E-state index in [1.807, 2.05) is 30.3 Å². The van der Waals surface area contributed by atoms with Crippen LogP contribution in [0, 0.1) is 0 Å². The van der Waals surface area contributed by atoms with E-state index in [-0.39, 0.29) is 5.78 Å². The van der Waals surface area contributed by atoms with E-state index in [9.17, 15) is 4.79 Å². The number of fused-ring (bicyclic) bond motifs is 1. The molecule has 0 radical (unpaired) electrons. The van der Waals surface area contributed by atoms with Crippen LogP contribution < -0.4 is 5.32 Å². The van der Waals surface area contributed by atoms with Crippen molar-refractivity contribution in [3.05, 3.63) is 42.1 Å². The van der Waals surface area contributed by atoms with Crippen LogP contribution in [-0.4, -0.2) is 36.6 Å². The number of rotatable bonds is 5. The third-order valence-corrected chi connectivity index (χ3v) is 3.90. The lowest BCUT2D eigenvalue weighted by Crippen LogP contribution is -2.32. The van der Waals surface area contributed by atoms with Crippen molar-refractivity contribution in [3.63, 3.8) is 0 Å². The molecule has 1 saturated heterocycles. The molecule has 1 N–H and O–H groups in total. The molecule has 4 nitrogen and oxygen atoms in total.